The fraction of sp³-hybridized carbons (Fsp3) is 0.800. The van der Waals surface area contributed by atoms with E-state index in [-0.39, 0.29) is 0 Å². The highest BCUT2D eigenvalue weighted by Gasteiger charge is 2.16. The Kier molecular flexibility index (Phi) is 5.40. The summed E-state index contributed by atoms with van der Waals surface area (Å²) < 4.78 is 1.94. The first-order valence-corrected chi connectivity index (χ1v) is 7.60. The molecule has 2 rings (SSSR count). The molecule has 1 N–H and O–H groups in total. The van der Waals surface area contributed by atoms with Crippen molar-refractivity contribution in [2.45, 2.75) is 52.1 Å². The normalized spacial score (nSPS) is 20.9. The summed E-state index contributed by atoms with van der Waals surface area (Å²) >= 11 is 0. The van der Waals surface area contributed by atoms with E-state index < -0.39 is 0 Å². The molecule has 1 atom stereocenters. The lowest BCUT2D eigenvalue weighted by atomic mass is 10.0. The molecule has 0 radical (unpaired) electrons. The highest BCUT2D eigenvalue weighted by Crippen LogP contribution is 2.16. The molecule has 1 aliphatic rings. The molecule has 0 saturated carbocycles. The molecule has 1 aromatic rings. The van der Waals surface area contributed by atoms with Crippen LogP contribution in [0.5, 0.6) is 0 Å². The predicted molar refractivity (Wildman–Crippen MR) is 79.2 cm³/mol. The molecule has 1 unspecified atom stereocenters. The predicted octanol–water partition coefficient (Wildman–Crippen LogP) is 2.08. The molecule has 108 valence electrons. The number of nitrogens with zero attached hydrogens (tertiary/aromatic N) is 3. The zero-order chi connectivity index (χ0) is 13.7. The third-order valence-corrected chi connectivity index (χ3v) is 4.39. The second kappa shape index (κ2) is 7.06. The molecule has 1 fully saturated rings. The van der Waals surface area contributed by atoms with Crippen LogP contribution in [0.15, 0.2) is 6.20 Å². The standard InChI is InChI=1S/C15H28N4/c1-13-7-4-5-9-19(13)10-6-8-16-11-15-12-17-18(3)14(15)2/h12-13,16H,4-11H2,1-3H3. The van der Waals surface area contributed by atoms with Crippen LogP contribution in [0.25, 0.3) is 0 Å². The van der Waals surface area contributed by atoms with Crippen LogP contribution in [-0.4, -0.2) is 40.4 Å². The van der Waals surface area contributed by atoms with E-state index in [1.165, 1.54) is 50.0 Å². The van der Waals surface area contributed by atoms with Gasteiger partial charge in [0.1, 0.15) is 0 Å². The minimum absolute atomic E-state index is 0.786. The second-order valence-electron chi connectivity index (χ2n) is 5.79. The van der Waals surface area contributed by atoms with Gasteiger partial charge in [-0.15, -0.1) is 0 Å². The highest BCUT2D eigenvalue weighted by atomic mass is 15.3. The number of aryl methyl sites for hydroxylation is 1. The van der Waals surface area contributed by atoms with Crippen molar-refractivity contribution in [3.63, 3.8) is 0 Å². The highest BCUT2D eigenvalue weighted by molar-refractivity contribution is 5.15. The van der Waals surface area contributed by atoms with Crippen molar-refractivity contribution in [2.75, 3.05) is 19.6 Å². The first kappa shape index (κ1) is 14.5. The minimum atomic E-state index is 0.786. The van der Waals surface area contributed by atoms with Crippen molar-refractivity contribution in [2.24, 2.45) is 7.05 Å². The van der Waals surface area contributed by atoms with Gasteiger partial charge in [-0.3, -0.25) is 4.68 Å². The number of hydrogen-bond donors (Lipinski definition) is 1. The van der Waals surface area contributed by atoms with E-state index in [1.807, 2.05) is 17.9 Å². The number of nitrogens with one attached hydrogen (secondary N) is 1. The summed E-state index contributed by atoms with van der Waals surface area (Å²) in [6.07, 6.45) is 7.38. The molecule has 0 aliphatic carbocycles. The topological polar surface area (TPSA) is 33.1 Å². The lowest BCUT2D eigenvalue weighted by Crippen LogP contribution is -2.38. The maximum absolute atomic E-state index is 4.27. The van der Waals surface area contributed by atoms with Crippen molar-refractivity contribution in [3.8, 4) is 0 Å². The van der Waals surface area contributed by atoms with Crippen LogP contribution in [0.4, 0.5) is 0 Å². The van der Waals surface area contributed by atoms with Crippen molar-refractivity contribution in [1.82, 2.24) is 20.0 Å². The average Bonchev–Trinajstić information content (AvgIpc) is 2.72. The maximum Gasteiger partial charge on any atom is 0.0537 e. The number of likely N-dealkylation sites (tertiary alicyclic amines) is 1. The molecular weight excluding hydrogens is 236 g/mol. The zero-order valence-electron chi connectivity index (χ0n) is 12.7. The Morgan fingerprint density at radius 1 is 1.42 bits per heavy atom. The molecule has 0 spiro atoms. The number of aromatic nitrogens is 2. The molecule has 1 saturated heterocycles. The Bertz CT molecular complexity index is 385. The lowest BCUT2D eigenvalue weighted by Gasteiger charge is -2.33. The van der Waals surface area contributed by atoms with Crippen LogP contribution in [0, 0.1) is 6.92 Å². The summed E-state index contributed by atoms with van der Waals surface area (Å²) in [6, 6.07) is 0.786. The van der Waals surface area contributed by atoms with Crippen LogP contribution in [-0.2, 0) is 13.6 Å². The quantitative estimate of drug-likeness (QED) is 0.799. The van der Waals surface area contributed by atoms with Crippen molar-refractivity contribution in [1.29, 1.82) is 0 Å². The SMILES string of the molecule is Cc1c(CNCCCN2CCCCC2C)cnn1C. The third kappa shape index (κ3) is 4.05. The van der Waals surface area contributed by atoms with Crippen LogP contribution in [0.2, 0.25) is 0 Å². The van der Waals surface area contributed by atoms with Crippen LogP contribution >= 0.6 is 0 Å². The van der Waals surface area contributed by atoms with Crippen molar-refractivity contribution < 1.29 is 0 Å². The summed E-state index contributed by atoms with van der Waals surface area (Å²) in [4.78, 5) is 2.64. The van der Waals surface area contributed by atoms with E-state index in [0.717, 1.165) is 19.1 Å². The fourth-order valence-corrected chi connectivity index (χ4v) is 2.84. The molecule has 0 aromatic carbocycles. The van der Waals surface area contributed by atoms with Gasteiger partial charge in [-0.2, -0.15) is 5.10 Å². The largest absolute Gasteiger partial charge is 0.312 e. The van der Waals surface area contributed by atoms with Gasteiger partial charge in [0, 0.05) is 30.9 Å². The Labute approximate surface area is 117 Å². The first-order valence-electron chi connectivity index (χ1n) is 7.60. The van der Waals surface area contributed by atoms with E-state index >= 15 is 0 Å². The van der Waals surface area contributed by atoms with Crippen LogP contribution in [0.3, 0.4) is 0 Å². The van der Waals surface area contributed by atoms with Gasteiger partial charge in [-0.05, 0) is 52.7 Å². The van der Waals surface area contributed by atoms with E-state index in [1.54, 1.807) is 0 Å². The Balaban J connectivity index is 1.60. The smallest absolute Gasteiger partial charge is 0.0537 e. The molecule has 0 bridgehead atoms. The van der Waals surface area contributed by atoms with Gasteiger partial charge in [-0.1, -0.05) is 6.42 Å². The first-order chi connectivity index (χ1) is 9.18. The van der Waals surface area contributed by atoms with E-state index in [0.29, 0.717) is 0 Å². The van der Waals surface area contributed by atoms with Crippen LogP contribution < -0.4 is 5.32 Å². The number of hydrogen-bond acceptors (Lipinski definition) is 3. The summed E-state index contributed by atoms with van der Waals surface area (Å²) in [5, 5.41) is 7.80. The van der Waals surface area contributed by atoms with Crippen molar-refractivity contribution >= 4 is 0 Å². The molecular formula is C15H28N4. The molecule has 1 aliphatic heterocycles. The summed E-state index contributed by atoms with van der Waals surface area (Å²) in [5.74, 6) is 0. The Morgan fingerprint density at radius 3 is 2.95 bits per heavy atom. The number of piperidine rings is 1. The monoisotopic (exact) mass is 264 g/mol. The average molecular weight is 264 g/mol. The molecule has 2 heterocycles. The summed E-state index contributed by atoms with van der Waals surface area (Å²) in [5.41, 5.74) is 2.57. The Morgan fingerprint density at radius 2 is 2.26 bits per heavy atom. The summed E-state index contributed by atoms with van der Waals surface area (Å²) in [6.45, 7) is 9.06. The minimum Gasteiger partial charge on any atom is -0.312 e. The molecule has 1 aromatic heterocycles. The molecule has 19 heavy (non-hydrogen) atoms. The maximum atomic E-state index is 4.27. The van der Waals surface area contributed by atoms with Gasteiger partial charge in [0.05, 0.1) is 6.20 Å². The zero-order valence-corrected chi connectivity index (χ0v) is 12.7. The van der Waals surface area contributed by atoms with Gasteiger partial charge >= 0.3 is 0 Å². The van der Waals surface area contributed by atoms with Gasteiger partial charge in [0.2, 0.25) is 0 Å². The number of rotatable bonds is 6. The Hall–Kier alpha value is -0.870. The van der Waals surface area contributed by atoms with E-state index in [2.05, 4.69) is 29.2 Å². The van der Waals surface area contributed by atoms with E-state index in [9.17, 15) is 0 Å². The van der Waals surface area contributed by atoms with Crippen molar-refractivity contribution in [3.05, 3.63) is 17.5 Å². The second-order valence-corrected chi connectivity index (χ2v) is 5.79. The van der Waals surface area contributed by atoms with E-state index in [4.69, 9.17) is 0 Å². The van der Waals surface area contributed by atoms with Gasteiger partial charge in [0.25, 0.3) is 0 Å². The molecule has 0 amide bonds. The van der Waals surface area contributed by atoms with Gasteiger partial charge < -0.3 is 10.2 Å². The van der Waals surface area contributed by atoms with Gasteiger partial charge in [-0.25, -0.2) is 0 Å². The lowest BCUT2D eigenvalue weighted by molar-refractivity contribution is 0.159. The molecule has 4 heteroatoms. The summed E-state index contributed by atoms with van der Waals surface area (Å²) in [7, 11) is 2.00. The van der Waals surface area contributed by atoms with Crippen LogP contribution in [0.1, 0.15) is 43.9 Å². The third-order valence-electron chi connectivity index (χ3n) is 4.39. The van der Waals surface area contributed by atoms with Gasteiger partial charge in [0.15, 0.2) is 0 Å². The molecule has 4 nitrogen and oxygen atoms in total. The fourth-order valence-electron chi connectivity index (χ4n) is 2.84.